The molecule has 0 aliphatic heterocycles. The molecule has 0 aromatic heterocycles. The molecule has 4 heteroatoms. The lowest BCUT2D eigenvalue weighted by molar-refractivity contribution is 0.102. The minimum atomic E-state index is -0.477. The first-order valence-corrected chi connectivity index (χ1v) is 6.53. The van der Waals surface area contributed by atoms with Gasteiger partial charge in [0.15, 0.2) is 0 Å². The molecule has 2 aromatic carbocycles. The van der Waals surface area contributed by atoms with Crippen LogP contribution in [0.1, 0.15) is 28.4 Å². The van der Waals surface area contributed by atoms with Gasteiger partial charge in [0.05, 0.1) is 5.69 Å². The van der Waals surface area contributed by atoms with Crippen LogP contribution < -0.4 is 11.1 Å². The number of carbonyl (C=O) groups is 1. The number of benzene rings is 2. The summed E-state index contributed by atoms with van der Waals surface area (Å²) in [6.07, 6.45) is 0.748. The van der Waals surface area contributed by atoms with Crippen molar-refractivity contribution < 1.29 is 9.18 Å². The molecule has 0 bridgehead atoms. The Morgan fingerprint density at radius 1 is 1.25 bits per heavy atom. The van der Waals surface area contributed by atoms with Crippen molar-refractivity contribution in [1.82, 2.24) is 0 Å². The molecule has 104 valence electrons. The Kier molecular flexibility index (Phi) is 4.48. The van der Waals surface area contributed by atoms with E-state index in [9.17, 15) is 9.18 Å². The average Bonchev–Trinajstić information content (AvgIpc) is 2.49. The summed E-state index contributed by atoms with van der Waals surface area (Å²) < 4.78 is 13.8. The quantitative estimate of drug-likeness (QED) is 0.898. The van der Waals surface area contributed by atoms with Gasteiger partial charge in [-0.25, -0.2) is 4.39 Å². The fraction of sp³-hybridized carbons (Fsp3) is 0.188. The van der Waals surface area contributed by atoms with Crippen molar-refractivity contribution in [3.63, 3.8) is 0 Å². The molecule has 0 heterocycles. The van der Waals surface area contributed by atoms with Crippen molar-refractivity contribution in [2.24, 2.45) is 5.73 Å². The molecular weight excluding hydrogens is 255 g/mol. The Morgan fingerprint density at radius 3 is 2.65 bits per heavy atom. The summed E-state index contributed by atoms with van der Waals surface area (Å²) in [6, 6.07) is 11.9. The third-order valence-corrected chi connectivity index (χ3v) is 3.16. The van der Waals surface area contributed by atoms with Crippen LogP contribution in [0, 0.1) is 5.82 Å². The standard InChI is InChI=1S/C16H17FN2O/c1-2-12-5-3-4-6-13(12)16(20)19-15-8-7-11(10-18)9-14(15)17/h3-9H,2,10,18H2,1H3,(H,19,20). The summed E-state index contributed by atoms with van der Waals surface area (Å²) in [7, 11) is 0. The van der Waals surface area contributed by atoms with E-state index < -0.39 is 5.82 Å². The Labute approximate surface area is 117 Å². The molecule has 0 aliphatic carbocycles. The summed E-state index contributed by atoms with van der Waals surface area (Å²) in [5.41, 5.74) is 7.80. The number of nitrogens with two attached hydrogens (primary N) is 1. The van der Waals surface area contributed by atoms with E-state index in [1.165, 1.54) is 12.1 Å². The number of anilines is 1. The van der Waals surface area contributed by atoms with Crippen molar-refractivity contribution in [2.45, 2.75) is 19.9 Å². The number of carbonyl (C=O) groups excluding carboxylic acids is 1. The fourth-order valence-electron chi connectivity index (χ4n) is 2.03. The van der Waals surface area contributed by atoms with Crippen molar-refractivity contribution >= 4 is 11.6 Å². The van der Waals surface area contributed by atoms with Gasteiger partial charge in [-0.1, -0.05) is 31.2 Å². The topological polar surface area (TPSA) is 55.1 Å². The van der Waals surface area contributed by atoms with Crippen molar-refractivity contribution in [2.75, 3.05) is 5.32 Å². The van der Waals surface area contributed by atoms with Gasteiger partial charge in [0, 0.05) is 12.1 Å². The molecule has 2 aromatic rings. The van der Waals surface area contributed by atoms with E-state index >= 15 is 0 Å². The maximum Gasteiger partial charge on any atom is 0.256 e. The number of hydrogen-bond acceptors (Lipinski definition) is 2. The SMILES string of the molecule is CCc1ccccc1C(=O)Nc1ccc(CN)cc1F. The van der Waals surface area contributed by atoms with Crippen LogP contribution in [-0.4, -0.2) is 5.91 Å². The van der Waals surface area contributed by atoms with Gasteiger partial charge in [-0.05, 0) is 35.7 Å². The molecule has 2 rings (SSSR count). The molecule has 0 radical (unpaired) electrons. The molecule has 0 aliphatic rings. The average molecular weight is 272 g/mol. The van der Waals surface area contributed by atoms with Crippen LogP contribution in [0.15, 0.2) is 42.5 Å². The molecule has 3 N–H and O–H groups in total. The summed E-state index contributed by atoms with van der Waals surface area (Å²) in [6.45, 7) is 2.24. The zero-order valence-corrected chi connectivity index (χ0v) is 11.3. The van der Waals surface area contributed by atoms with Crippen LogP contribution in [0.25, 0.3) is 0 Å². The maximum absolute atomic E-state index is 13.8. The van der Waals surface area contributed by atoms with E-state index in [1.54, 1.807) is 18.2 Å². The number of nitrogens with one attached hydrogen (secondary N) is 1. The first kappa shape index (κ1) is 14.2. The predicted molar refractivity (Wildman–Crippen MR) is 78.1 cm³/mol. The Hall–Kier alpha value is -2.20. The van der Waals surface area contributed by atoms with Gasteiger partial charge >= 0.3 is 0 Å². The largest absolute Gasteiger partial charge is 0.326 e. The van der Waals surface area contributed by atoms with Gasteiger partial charge in [0.25, 0.3) is 5.91 Å². The summed E-state index contributed by atoms with van der Waals surface area (Å²) >= 11 is 0. The van der Waals surface area contributed by atoms with Crippen molar-refractivity contribution in [1.29, 1.82) is 0 Å². The summed E-state index contributed by atoms with van der Waals surface area (Å²) in [4.78, 5) is 12.2. The monoisotopic (exact) mass is 272 g/mol. The van der Waals surface area contributed by atoms with Crippen LogP contribution >= 0.6 is 0 Å². The zero-order valence-electron chi connectivity index (χ0n) is 11.3. The Balaban J connectivity index is 2.23. The van der Waals surface area contributed by atoms with Crippen molar-refractivity contribution in [3.05, 3.63) is 65.0 Å². The molecule has 0 saturated heterocycles. The molecule has 0 unspecified atom stereocenters. The van der Waals surface area contributed by atoms with Crippen LogP contribution in [0.2, 0.25) is 0 Å². The number of amides is 1. The fourth-order valence-corrected chi connectivity index (χ4v) is 2.03. The molecule has 1 amide bonds. The smallest absolute Gasteiger partial charge is 0.256 e. The first-order chi connectivity index (χ1) is 9.65. The van der Waals surface area contributed by atoms with E-state index in [0.717, 1.165) is 12.0 Å². The van der Waals surface area contributed by atoms with E-state index in [-0.39, 0.29) is 18.1 Å². The summed E-state index contributed by atoms with van der Waals surface area (Å²) in [5.74, 6) is -0.780. The summed E-state index contributed by atoms with van der Waals surface area (Å²) in [5, 5.41) is 2.60. The number of aryl methyl sites for hydroxylation is 1. The highest BCUT2D eigenvalue weighted by Gasteiger charge is 2.12. The predicted octanol–water partition coefficient (Wildman–Crippen LogP) is 3.10. The first-order valence-electron chi connectivity index (χ1n) is 6.53. The lowest BCUT2D eigenvalue weighted by atomic mass is 10.0. The van der Waals surface area contributed by atoms with Crippen molar-refractivity contribution in [3.8, 4) is 0 Å². The van der Waals surface area contributed by atoms with E-state index in [1.807, 2.05) is 19.1 Å². The Bertz CT molecular complexity index is 626. The van der Waals surface area contributed by atoms with Gasteiger partial charge in [0.2, 0.25) is 0 Å². The molecule has 3 nitrogen and oxygen atoms in total. The van der Waals surface area contributed by atoms with Gasteiger partial charge in [0.1, 0.15) is 5.82 Å². The van der Waals surface area contributed by atoms with E-state index in [4.69, 9.17) is 5.73 Å². The lowest BCUT2D eigenvalue weighted by Crippen LogP contribution is -2.15. The molecule has 0 fully saturated rings. The minimum Gasteiger partial charge on any atom is -0.326 e. The van der Waals surface area contributed by atoms with Crippen LogP contribution in [0.5, 0.6) is 0 Å². The number of hydrogen-bond donors (Lipinski definition) is 2. The molecule has 0 spiro atoms. The number of halogens is 1. The minimum absolute atomic E-state index is 0.165. The third-order valence-electron chi connectivity index (χ3n) is 3.16. The second-order valence-corrected chi connectivity index (χ2v) is 4.48. The Morgan fingerprint density at radius 2 is 2.00 bits per heavy atom. The van der Waals surface area contributed by atoms with E-state index in [2.05, 4.69) is 5.32 Å². The highest BCUT2D eigenvalue weighted by Crippen LogP contribution is 2.18. The number of rotatable bonds is 4. The lowest BCUT2D eigenvalue weighted by Gasteiger charge is -2.10. The van der Waals surface area contributed by atoms with E-state index in [0.29, 0.717) is 11.1 Å². The molecular formula is C16H17FN2O. The van der Waals surface area contributed by atoms with Gasteiger partial charge in [-0.2, -0.15) is 0 Å². The molecule has 20 heavy (non-hydrogen) atoms. The molecule has 0 atom stereocenters. The van der Waals surface area contributed by atoms with Crippen LogP contribution in [0.3, 0.4) is 0 Å². The van der Waals surface area contributed by atoms with Gasteiger partial charge < -0.3 is 11.1 Å². The van der Waals surface area contributed by atoms with Gasteiger partial charge in [-0.15, -0.1) is 0 Å². The third kappa shape index (κ3) is 3.03. The normalized spacial score (nSPS) is 10.3. The van der Waals surface area contributed by atoms with Crippen LogP contribution in [-0.2, 0) is 13.0 Å². The maximum atomic E-state index is 13.8. The van der Waals surface area contributed by atoms with Crippen LogP contribution in [0.4, 0.5) is 10.1 Å². The molecule has 0 saturated carbocycles. The highest BCUT2D eigenvalue weighted by molar-refractivity contribution is 6.05. The van der Waals surface area contributed by atoms with Gasteiger partial charge in [-0.3, -0.25) is 4.79 Å². The zero-order chi connectivity index (χ0) is 14.5. The second kappa shape index (κ2) is 6.30. The highest BCUT2D eigenvalue weighted by atomic mass is 19.1. The second-order valence-electron chi connectivity index (χ2n) is 4.48.